The molecule has 0 atom stereocenters. The second kappa shape index (κ2) is 17.6. The molecular formula is C24H54B3N3. The fourth-order valence-electron chi connectivity index (χ4n) is 5.69. The summed E-state index contributed by atoms with van der Waals surface area (Å²) in [6.45, 7) is 19.7. The number of unbranched alkanes of at least 4 members (excludes halogenated alkanes) is 9. The molecule has 3 nitrogen and oxygen atoms in total. The summed E-state index contributed by atoms with van der Waals surface area (Å²) in [6, 6.07) is 0. The van der Waals surface area contributed by atoms with Crippen molar-refractivity contribution in [2.45, 2.75) is 138 Å². The molecule has 1 saturated heterocycles. The number of rotatable bonds is 18. The standard InChI is InChI=1S/C24H54B3N3/c1-7-13-16-19-22-25-28(10-4)26(23-20-17-14-8-2)30(12-6)27(29(25)11-5)24-21-18-15-9-3/h7-24H2,1-6H3. The first kappa shape index (κ1) is 28.1. The van der Waals surface area contributed by atoms with Gasteiger partial charge >= 0.3 is 0 Å². The molecule has 1 aliphatic rings. The van der Waals surface area contributed by atoms with Crippen LogP contribution in [-0.2, 0) is 0 Å². The smallest absolute Gasteiger partial charge is 0.290 e. The van der Waals surface area contributed by atoms with Crippen LogP contribution in [0.15, 0.2) is 0 Å². The zero-order chi connectivity index (χ0) is 22.2. The average molecular weight is 417 g/mol. The molecule has 174 valence electrons. The molecule has 0 aliphatic carbocycles. The highest BCUT2D eigenvalue weighted by atomic mass is 15.3. The molecule has 30 heavy (non-hydrogen) atoms. The van der Waals surface area contributed by atoms with Crippen molar-refractivity contribution in [2.24, 2.45) is 0 Å². The predicted molar refractivity (Wildman–Crippen MR) is 141 cm³/mol. The van der Waals surface area contributed by atoms with Gasteiger partial charge in [-0.1, -0.05) is 119 Å². The van der Waals surface area contributed by atoms with E-state index in [1.165, 1.54) is 116 Å². The van der Waals surface area contributed by atoms with Gasteiger partial charge in [0.25, 0.3) is 20.9 Å². The number of hydrogen-bond donors (Lipinski definition) is 0. The first-order chi connectivity index (χ1) is 14.7. The van der Waals surface area contributed by atoms with Crippen molar-refractivity contribution in [3.63, 3.8) is 0 Å². The summed E-state index contributed by atoms with van der Waals surface area (Å²) in [7, 11) is 0. The lowest BCUT2D eigenvalue weighted by Gasteiger charge is -2.54. The Hall–Kier alpha value is 0.0748. The average Bonchev–Trinajstić information content (AvgIpc) is 2.76. The maximum Gasteiger partial charge on any atom is 0.290 e. The van der Waals surface area contributed by atoms with Gasteiger partial charge in [-0.15, -0.1) is 0 Å². The Morgan fingerprint density at radius 3 is 0.833 bits per heavy atom. The molecule has 0 spiro atoms. The van der Waals surface area contributed by atoms with Crippen LogP contribution in [0, 0.1) is 0 Å². The molecule has 1 fully saturated rings. The third kappa shape index (κ3) is 8.90. The minimum atomic E-state index is 0.645. The highest BCUT2D eigenvalue weighted by Gasteiger charge is 2.49. The molecule has 1 aliphatic heterocycles. The van der Waals surface area contributed by atoms with Gasteiger partial charge in [-0.2, -0.15) is 0 Å². The van der Waals surface area contributed by atoms with Crippen LogP contribution in [0.2, 0.25) is 19.0 Å². The van der Waals surface area contributed by atoms with Crippen molar-refractivity contribution < 1.29 is 0 Å². The van der Waals surface area contributed by atoms with E-state index in [1.54, 1.807) is 0 Å². The summed E-state index contributed by atoms with van der Waals surface area (Å²) < 4.78 is 8.65. The fourth-order valence-corrected chi connectivity index (χ4v) is 5.69. The molecule has 0 aromatic rings. The molecule has 0 saturated carbocycles. The molecule has 6 heteroatoms. The van der Waals surface area contributed by atoms with E-state index in [9.17, 15) is 0 Å². The molecule has 0 N–H and O–H groups in total. The summed E-state index contributed by atoms with van der Waals surface area (Å²) in [5.41, 5.74) is 0. The van der Waals surface area contributed by atoms with Gasteiger partial charge in [-0.3, -0.25) is 0 Å². The van der Waals surface area contributed by atoms with E-state index in [2.05, 4.69) is 55.7 Å². The zero-order valence-corrected chi connectivity index (χ0v) is 21.8. The highest BCUT2D eigenvalue weighted by Crippen LogP contribution is 2.29. The first-order valence-electron chi connectivity index (χ1n) is 14.0. The summed E-state index contributed by atoms with van der Waals surface area (Å²) in [4.78, 5) is 0. The maximum absolute atomic E-state index is 2.88. The summed E-state index contributed by atoms with van der Waals surface area (Å²) >= 11 is 0. The predicted octanol–water partition coefficient (Wildman–Crippen LogP) is 7.17. The molecule has 1 rings (SSSR count). The van der Waals surface area contributed by atoms with Gasteiger partial charge < -0.3 is 14.2 Å². The van der Waals surface area contributed by atoms with Crippen LogP contribution in [0.25, 0.3) is 0 Å². The van der Waals surface area contributed by atoms with Crippen molar-refractivity contribution >= 4 is 20.9 Å². The van der Waals surface area contributed by atoms with E-state index >= 15 is 0 Å². The van der Waals surface area contributed by atoms with Gasteiger partial charge in [-0.05, 0) is 38.6 Å². The number of hydrogen-bond acceptors (Lipinski definition) is 3. The van der Waals surface area contributed by atoms with E-state index in [0.29, 0.717) is 20.9 Å². The molecule has 0 aromatic heterocycles. The minimum Gasteiger partial charge on any atom is -0.357 e. The van der Waals surface area contributed by atoms with Gasteiger partial charge in [0.1, 0.15) is 0 Å². The molecule has 0 aromatic carbocycles. The van der Waals surface area contributed by atoms with E-state index < -0.39 is 0 Å². The van der Waals surface area contributed by atoms with E-state index in [1.807, 2.05) is 0 Å². The monoisotopic (exact) mass is 417 g/mol. The van der Waals surface area contributed by atoms with Crippen LogP contribution < -0.4 is 0 Å². The maximum atomic E-state index is 2.88. The van der Waals surface area contributed by atoms with Gasteiger partial charge in [-0.25, -0.2) is 0 Å². The zero-order valence-electron chi connectivity index (χ0n) is 21.8. The van der Waals surface area contributed by atoms with Crippen LogP contribution in [0.3, 0.4) is 0 Å². The molecule has 0 unspecified atom stereocenters. The van der Waals surface area contributed by atoms with Crippen LogP contribution in [0.1, 0.15) is 119 Å². The second-order valence-electron chi connectivity index (χ2n) is 9.48. The minimum absolute atomic E-state index is 0.645. The third-order valence-corrected chi connectivity index (χ3v) is 7.34. The fraction of sp³-hybridized carbons (Fsp3) is 1.00. The third-order valence-electron chi connectivity index (χ3n) is 7.34. The van der Waals surface area contributed by atoms with Crippen molar-refractivity contribution in [3.8, 4) is 0 Å². The molecule has 1 heterocycles. The van der Waals surface area contributed by atoms with Crippen molar-refractivity contribution in [1.82, 2.24) is 14.2 Å². The SMILES string of the molecule is CCCCCCB1N(CC)B(CCCCCC)N(CC)B(CCCCCC)N1CC. The van der Waals surface area contributed by atoms with Crippen molar-refractivity contribution in [3.05, 3.63) is 0 Å². The Labute approximate surface area is 192 Å². The van der Waals surface area contributed by atoms with Crippen molar-refractivity contribution in [2.75, 3.05) is 19.6 Å². The van der Waals surface area contributed by atoms with Crippen molar-refractivity contribution in [1.29, 1.82) is 0 Å². The van der Waals surface area contributed by atoms with Crippen LogP contribution in [0.5, 0.6) is 0 Å². The van der Waals surface area contributed by atoms with Gasteiger partial charge in [0.05, 0.1) is 0 Å². The normalized spacial score (nSPS) is 16.8. The Morgan fingerprint density at radius 2 is 0.633 bits per heavy atom. The quantitative estimate of drug-likeness (QED) is 0.173. The Balaban J connectivity index is 2.99. The Morgan fingerprint density at radius 1 is 0.367 bits per heavy atom. The molecule has 0 bridgehead atoms. The van der Waals surface area contributed by atoms with Gasteiger partial charge in [0.15, 0.2) is 0 Å². The molecular weight excluding hydrogens is 363 g/mol. The van der Waals surface area contributed by atoms with E-state index in [-0.39, 0.29) is 0 Å². The first-order valence-corrected chi connectivity index (χ1v) is 14.0. The second-order valence-corrected chi connectivity index (χ2v) is 9.48. The van der Waals surface area contributed by atoms with Crippen LogP contribution in [-0.4, -0.2) is 54.7 Å². The number of nitrogens with zero attached hydrogens (tertiary/aromatic N) is 3. The topological polar surface area (TPSA) is 9.72 Å². The van der Waals surface area contributed by atoms with E-state index in [0.717, 1.165) is 0 Å². The van der Waals surface area contributed by atoms with Gasteiger partial charge in [0, 0.05) is 0 Å². The lowest BCUT2D eigenvalue weighted by molar-refractivity contribution is 0.436. The Kier molecular flexibility index (Phi) is 16.5. The Bertz CT molecular complexity index is 331. The largest absolute Gasteiger partial charge is 0.357 e. The lowest BCUT2D eigenvalue weighted by atomic mass is 9.39. The van der Waals surface area contributed by atoms with Gasteiger partial charge in [0.2, 0.25) is 0 Å². The van der Waals surface area contributed by atoms with E-state index in [4.69, 9.17) is 0 Å². The lowest BCUT2D eigenvalue weighted by Crippen LogP contribution is -2.77. The summed E-state index contributed by atoms with van der Waals surface area (Å²) in [6.07, 6.45) is 20.7. The van der Waals surface area contributed by atoms with Crippen LogP contribution >= 0.6 is 0 Å². The summed E-state index contributed by atoms with van der Waals surface area (Å²) in [5, 5.41) is 0. The molecule has 0 amide bonds. The highest BCUT2D eigenvalue weighted by molar-refractivity contribution is 6.86. The van der Waals surface area contributed by atoms with Crippen LogP contribution in [0.4, 0.5) is 0 Å². The molecule has 0 radical (unpaired) electrons. The summed E-state index contributed by atoms with van der Waals surface area (Å²) in [5.74, 6) is 0.